The maximum atomic E-state index is 11.6. The van der Waals surface area contributed by atoms with E-state index in [4.69, 9.17) is 28.2 Å². The molecular formula is C26H21ClN4O5S2. The van der Waals surface area contributed by atoms with Gasteiger partial charge in [0.15, 0.2) is 5.11 Å². The number of carbonyl (C=O) groups is 1. The summed E-state index contributed by atoms with van der Waals surface area (Å²) in [7, 11) is -3.43. The van der Waals surface area contributed by atoms with Crippen LogP contribution in [0.4, 0.5) is 11.4 Å². The third kappa shape index (κ3) is 5.21. The largest absolute Gasteiger partial charge is 0.478 e. The number of rotatable bonds is 7. The minimum absolute atomic E-state index is 0.0850. The van der Waals surface area contributed by atoms with Crippen LogP contribution in [0.1, 0.15) is 33.9 Å². The van der Waals surface area contributed by atoms with Crippen LogP contribution in [0.25, 0.3) is 11.3 Å². The van der Waals surface area contributed by atoms with Gasteiger partial charge in [0.1, 0.15) is 17.6 Å². The average molecular weight is 569 g/mol. The summed E-state index contributed by atoms with van der Waals surface area (Å²) in [5, 5.41) is 13.5. The number of pyridine rings is 1. The fourth-order valence-electron chi connectivity index (χ4n) is 4.33. The summed E-state index contributed by atoms with van der Waals surface area (Å²) in [6.07, 6.45) is 2.77. The van der Waals surface area contributed by atoms with Crippen molar-refractivity contribution < 1.29 is 22.7 Å². The SMILES string of the molecule is CS(=O)(=O)Nc1ccc(N2C(=S)N[C@@H](c3ccccn3)[C@H]2c2ccc(-c3cc(C(=O)O)ccc3Cl)o2)cc1. The Hall–Kier alpha value is -3.93. The van der Waals surface area contributed by atoms with Crippen LogP contribution in [0.5, 0.6) is 0 Å². The summed E-state index contributed by atoms with van der Waals surface area (Å²) in [5.41, 5.74) is 2.39. The van der Waals surface area contributed by atoms with Crippen molar-refractivity contribution in [1.29, 1.82) is 0 Å². The highest BCUT2D eigenvalue weighted by atomic mass is 35.5. The predicted octanol–water partition coefficient (Wildman–Crippen LogP) is 5.24. The molecule has 38 heavy (non-hydrogen) atoms. The lowest BCUT2D eigenvalue weighted by Gasteiger charge is -2.26. The molecule has 1 fully saturated rings. The number of carboxylic acid groups (broad SMARTS) is 1. The fraction of sp³-hybridized carbons (Fsp3) is 0.115. The molecule has 4 aromatic rings. The third-order valence-corrected chi connectivity index (χ3v) is 7.19. The van der Waals surface area contributed by atoms with E-state index in [2.05, 4.69) is 15.0 Å². The van der Waals surface area contributed by atoms with Crippen LogP contribution in [-0.4, -0.2) is 35.8 Å². The van der Waals surface area contributed by atoms with E-state index in [0.29, 0.717) is 38.6 Å². The number of hydrogen-bond donors (Lipinski definition) is 3. The molecule has 1 aliphatic rings. The van der Waals surface area contributed by atoms with Gasteiger partial charge in [-0.3, -0.25) is 9.71 Å². The second kappa shape index (κ2) is 10.1. The predicted molar refractivity (Wildman–Crippen MR) is 149 cm³/mol. The number of sulfonamides is 1. The molecule has 0 bridgehead atoms. The van der Waals surface area contributed by atoms with Crippen LogP contribution >= 0.6 is 23.8 Å². The van der Waals surface area contributed by atoms with Gasteiger partial charge in [0.2, 0.25) is 10.0 Å². The summed E-state index contributed by atoms with van der Waals surface area (Å²) >= 11 is 12.1. The lowest BCUT2D eigenvalue weighted by Crippen LogP contribution is -2.29. The quantitative estimate of drug-likeness (QED) is 0.257. The van der Waals surface area contributed by atoms with Crippen LogP contribution < -0.4 is 14.9 Å². The van der Waals surface area contributed by atoms with Gasteiger partial charge < -0.3 is 19.7 Å². The van der Waals surface area contributed by atoms with Gasteiger partial charge in [-0.1, -0.05) is 17.7 Å². The number of thiocarbonyl (C=S) groups is 1. The zero-order valence-corrected chi connectivity index (χ0v) is 22.2. The maximum Gasteiger partial charge on any atom is 0.335 e. The number of carboxylic acids is 1. The van der Waals surface area contributed by atoms with Crippen molar-refractivity contribution in [2.75, 3.05) is 15.9 Å². The Labute approximate surface area is 229 Å². The first-order valence-corrected chi connectivity index (χ1v) is 14.0. The van der Waals surface area contributed by atoms with Crippen molar-refractivity contribution in [3.63, 3.8) is 0 Å². The molecule has 0 saturated carbocycles. The van der Waals surface area contributed by atoms with Crippen LogP contribution in [0.3, 0.4) is 0 Å². The first kappa shape index (κ1) is 25.7. The van der Waals surface area contributed by atoms with E-state index in [1.54, 1.807) is 42.6 Å². The molecule has 0 aliphatic carbocycles. The number of benzene rings is 2. The third-order valence-electron chi connectivity index (χ3n) is 5.94. The Kier molecular flexibility index (Phi) is 6.82. The number of halogens is 1. The molecule has 2 atom stereocenters. The van der Waals surface area contributed by atoms with E-state index >= 15 is 0 Å². The van der Waals surface area contributed by atoms with Gasteiger partial charge in [-0.15, -0.1) is 0 Å². The van der Waals surface area contributed by atoms with Gasteiger partial charge in [-0.05, 0) is 78.9 Å². The highest BCUT2D eigenvalue weighted by Gasteiger charge is 2.42. The second-order valence-corrected chi connectivity index (χ2v) is 11.2. The molecule has 3 heterocycles. The average Bonchev–Trinajstić information content (AvgIpc) is 3.49. The van der Waals surface area contributed by atoms with Crippen molar-refractivity contribution in [3.05, 3.63) is 101 Å². The molecule has 0 spiro atoms. The lowest BCUT2D eigenvalue weighted by atomic mass is 10.0. The van der Waals surface area contributed by atoms with E-state index in [9.17, 15) is 18.3 Å². The summed E-state index contributed by atoms with van der Waals surface area (Å²) < 4.78 is 32.0. The topological polar surface area (TPSA) is 125 Å². The van der Waals surface area contributed by atoms with Gasteiger partial charge >= 0.3 is 5.97 Å². The molecule has 5 rings (SSSR count). The van der Waals surface area contributed by atoms with E-state index in [1.165, 1.54) is 18.2 Å². The Morgan fingerprint density at radius 1 is 1.13 bits per heavy atom. The molecule has 0 unspecified atom stereocenters. The van der Waals surface area contributed by atoms with Crippen LogP contribution in [0.2, 0.25) is 5.02 Å². The van der Waals surface area contributed by atoms with E-state index in [0.717, 1.165) is 11.9 Å². The summed E-state index contributed by atoms with van der Waals surface area (Å²) in [6.45, 7) is 0. The van der Waals surface area contributed by atoms with Crippen molar-refractivity contribution >= 4 is 56.3 Å². The van der Waals surface area contributed by atoms with Crippen molar-refractivity contribution in [1.82, 2.24) is 10.3 Å². The molecule has 12 heteroatoms. The van der Waals surface area contributed by atoms with Gasteiger partial charge in [0.05, 0.1) is 28.6 Å². The van der Waals surface area contributed by atoms with Crippen molar-refractivity contribution in [3.8, 4) is 11.3 Å². The number of aromatic carboxylic acids is 1. The van der Waals surface area contributed by atoms with Crippen molar-refractivity contribution in [2.45, 2.75) is 12.1 Å². The van der Waals surface area contributed by atoms with E-state index < -0.39 is 22.0 Å². The van der Waals surface area contributed by atoms with Gasteiger partial charge in [0.25, 0.3) is 0 Å². The maximum absolute atomic E-state index is 11.6. The molecule has 2 aromatic heterocycles. The molecule has 1 aliphatic heterocycles. The smallest absolute Gasteiger partial charge is 0.335 e. The number of nitrogens with zero attached hydrogens (tertiary/aromatic N) is 2. The molecule has 1 saturated heterocycles. The molecule has 0 amide bonds. The molecule has 9 nitrogen and oxygen atoms in total. The Morgan fingerprint density at radius 2 is 1.89 bits per heavy atom. The monoisotopic (exact) mass is 568 g/mol. The number of anilines is 2. The molecular weight excluding hydrogens is 548 g/mol. The Balaban J connectivity index is 1.57. The molecule has 2 aromatic carbocycles. The van der Waals surface area contributed by atoms with Crippen LogP contribution in [0, 0.1) is 0 Å². The number of furan rings is 1. The highest BCUT2D eigenvalue weighted by molar-refractivity contribution is 7.92. The minimum Gasteiger partial charge on any atom is -0.478 e. The Bertz CT molecular complexity index is 1630. The van der Waals surface area contributed by atoms with Crippen LogP contribution in [0.15, 0.2) is 83.4 Å². The van der Waals surface area contributed by atoms with E-state index in [-0.39, 0.29) is 11.6 Å². The minimum atomic E-state index is -3.43. The number of hydrogen-bond acceptors (Lipinski definition) is 6. The number of aromatic nitrogens is 1. The first-order chi connectivity index (χ1) is 18.1. The lowest BCUT2D eigenvalue weighted by molar-refractivity contribution is 0.0697. The zero-order chi connectivity index (χ0) is 27.0. The summed E-state index contributed by atoms with van der Waals surface area (Å²) in [4.78, 5) is 17.9. The highest BCUT2D eigenvalue weighted by Crippen LogP contribution is 2.43. The number of nitrogens with one attached hydrogen (secondary N) is 2. The molecule has 194 valence electrons. The van der Waals surface area contributed by atoms with Gasteiger partial charge in [0, 0.05) is 23.1 Å². The van der Waals surface area contributed by atoms with Gasteiger partial charge in [-0.2, -0.15) is 0 Å². The summed E-state index contributed by atoms with van der Waals surface area (Å²) in [6, 6.07) is 19.5. The fourth-order valence-corrected chi connectivity index (χ4v) is 5.45. The van der Waals surface area contributed by atoms with Crippen LogP contribution in [-0.2, 0) is 10.0 Å². The molecule has 0 radical (unpaired) electrons. The Morgan fingerprint density at radius 3 is 2.55 bits per heavy atom. The normalized spacial score (nSPS) is 17.3. The zero-order valence-electron chi connectivity index (χ0n) is 19.8. The standard InChI is InChI=1S/C26H21ClN4O5S2/c1-38(34,35)30-16-6-8-17(9-7-16)31-24(23(29-26(31)37)20-4-2-3-13-28-20)22-12-11-21(36-22)18-14-15(25(32)33)5-10-19(18)27/h2-14,23-24,30H,1H3,(H,29,37)(H,32,33)/t23-,24+/m0/s1. The van der Waals surface area contributed by atoms with Crippen molar-refractivity contribution in [2.24, 2.45) is 0 Å². The van der Waals surface area contributed by atoms with E-state index in [1.807, 2.05) is 23.1 Å². The summed E-state index contributed by atoms with van der Waals surface area (Å²) in [5.74, 6) is -0.133. The van der Waals surface area contributed by atoms with Gasteiger partial charge in [-0.25, -0.2) is 13.2 Å². The first-order valence-electron chi connectivity index (χ1n) is 11.3. The molecule has 3 N–H and O–H groups in total. The second-order valence-electron chi connectivity index (χ2n) is 8.62.